The first-order valence-corrected chi connectivity index (χ1v) is 12.9. The van der Waals surface area contributed by atoms with Crippen LogP contribution in [0.4, 0.5) is 22.7 Å². The maximum Gasteiger partial charge on any atom is 0.269 e. The van der Waals surface area contributed by atoms with Crippen LogP contribution in [-0.2, 0) is 9.47 Å². The van der Waals surface area contributed by atoms with Crippen LogP contribution < -0.4 is 4.90 Å². The van der Waals surface area contributed by atoms with Gasteiger partial charge in [-0.1, -0.05) is 0 Å². The van der Waals surface area contributed by atoms with Gasteiger partial charge in [0.25, 0.3) is 5.69 Å². The van der Waals surface area contributed by atoms with Crippen LogP contribution in [0.25, 0.3) is 0 Å². The summed E-state index contributed by atoms with van der Waals surface area (Å²) in [5.41, 5.74) is 2.52. The van der Waals surface area contributed by atoms with Crippen molar-refractivity contribution >= 4 is 46.3 Å². The lowest BCUT2D eigenvalue weighted by atomic mass is 10.2. The van der Waals surface area contributed by atoms with E-state index in [2.05, 4.69) is 27.3 Å². The first-order valence-electron chi connectivity index (χ1n) is 10.5. The largest absolute Gasteiger partial charge is 0.378 e. The van der Waals surface area contributed by atoms with Gasteiger partial charge in [-0.3, -0.25) is 10.1 Å². The molecule has 2 aromatic carbocycles. The van der Waals surface area contributed by atoms with Crippen LogP contribution in [0, 0.1) is 10.1 Å². The molecule has 172 valence electrons. The van der Waals surface area contributed by atoms with Crippen LogP contribution in [0.2, 0.25) is 0 Å². The van der Waals surface area contributed by atoms with Crippen molar-refractivity contribution in [1.82, 2.24) is 0 Å². The second kappa shape index (κ2) is 14.1. The Morgan fingerprint density at radius 1 is 0.750 bits per heavy atom. The zero-order valence-electron chi connectivity index (χ0n) is 17.9. The number of anilines is 1. The first kappa shape index (κ1) is 24.5. The average Bonchev–Trinajstić information content (AvgIpc) is 2.83. The molecule has 0 unspecified atom stereocenters. The molecule has 8 nitrogen and oxygen atoms in total. The highest BCUT2D eigenvalue weighted by molar-refractivity contribution is 7.99. The number of rotatable bonds is 4. The van der Waals surface area contributed by atoms with E-state index in [4.69, 9.17) is 9.47 Å². The summed E-state index contributed by atoms with van der Waals surface area (Å²) in [6.07, 6.45) is 0. The number of benzene rings is 2. The molecule has 0 spiro atoms. The molecule has 1 aliphatic rings. The lowest BCUT2D eigenvalue weighted by molar-refractivity contribution is -0.384. The maximum absolute atomic E-state index is 10.7. The molecule has 32 heavy (non-hydrogen) atoms. The van der Waals surface area contributed by atoms with Gasteiger partial charge in [-0.2, -0.15) is 33.8 Å². The second-order valence-corrected chi connectivity index (χ2v) is 9.38. The van der Waals surface area contributed by atoms with Gasteiger partial charge in [0.15, 0.2) is 0 Å². The van der Waals surface area contributed by atoms with E-state index in [0.29, 0.717) is 18.9 Å². The van der Waals surface area contributed by atoms with Crippen LogP contribution in [0.5, 0.6) is 0 Å². The molecule has 0 amide bonds. The molecule has 3 rings (SSSR count). The summed E-state index contributed by atoms with van der Waals surface area (Å²) in [6, 6.07) is 14.1. The van der Waals surface area contributed by atoms with Crippen LogP contribution >= 0.6 is 23.5 Å². The Bertz CT molecular complexity index is 834. The van der Waals surface area contributed by atoms with Gasteiger partial charge in [0.2, 0.25) is 0 Å². The Labute approximate surface area is 196 Å². The van der Waals surface area contributed by atoms with Crippen LogP contribution in [0.3, 0.4) is 0 Å². The zero-order valence-corrected chi connectivity index (χ0v) is 19.6. The molecule has 0 aromatic heterocycles. The van der Waals surface area contributed by atoms with E-state index in [1.54, 1.807) is 12.1 Å². The molecular weight excluding hydrogens is 448 g/mol. The average molecular weight is 477 g/mol. The van der Waals surface area contributed by atoms with E-state index in [9.17, 15) is 10.1 Å². The Balaban J connectivity index is 1.57. The van der Waals surface area contributed by atoms with Crippen molar-refractivity contribution in [2.75, 3.05) is 67.4 Å². The van der Waals surface area contributed by atoms with Crippen LogP contribution in [-0.4, -0.2) is 67.5 Å². The second-order valence-electron chi connectivity index (χ2n) is 6.93. The van der Waals surface area contributed by atoms with Crippen molar-refractivity contribution in [3.8, 4) is 0 Å². The molecule has 0 bridgehead atoms. The minimum Gasteiger partial charge on any atom is -0.378 e. The quantitative estimate of drug-likeness (QED) is 0.335. The zero-order chi connectivity index (χ0) is 22.4. The molecule has 2 aromatic rings. The van der Waals surface area contributed by atoms with Crippen molar-refractivity contribution in [3.63, 3.8) is 0 Å². The lowest BCUT2D eigenvalue weighted by Crippen LogP contribution is -2.28. The van der Waals surface area contributed by atoms with Crippen LogP contribution in [0.15, 0.2) is 58.8 Å². The minimum absolute atomic E-state index is 0.0393. The number of azo groups is 1. The van der Waals surface area contributed by atoms with Crippen LogP contribution in [0.1, 0.15) is 0 Å². The fourth-order valence-corrected chi connectivity index (χ4v) is 4.55. The van der Waals surface area contributed by atoms with Crippen molar-refractivity contribution in [3.05, 3.63) is 58.6 Å². The highest BCUT2D eigenvalue weighted by atomic mass is 32.2. The summed E-state index contributed by atoms with van der Waals surface area (Å²) in [6.45, 7) is 4.82. The Hall–Kier alpha value is -2.14. The van der Waals surface area contributed by atoms with Gasteiger partial charge in [0.1, 0.15) is 0 Å². The smallest absolute Gasteiger partial charge is 0.269 e. The summed E-state index contributed by atoms with van der Waals surface area (Å²) in [5, 5.41) is 19.2. The van der Waals surface area contributed by atoms with E-state index >= 15 is 0 Å². The van der Waals surface area contributed by atoms with Gasteiger partial charge < -0.3 is 14.4 Å². The Morgan fingerprint density at radius 3 is 1.75 bits per heavy atom. The summed E-state index contributed by atoms with van der Waals surface area (Å²) in [4.78, 5) is 12.7. The van der Waals surface area contributed by atoms with Gasteiger partial charge in [0, 0.05) is 53.9 Å². The number of ether oxygens (including phenoxy) is 2. The molecule has 0 atom stereocenters. The van der Waals surface area contributed by atoms with Gasteiger partial charge in [-0.15, -0.1) is 0 Å². The van der Waals surface area contributed by atoms with Crippen molar-refractivity contribution in [1.29, 1.82) is 0 Å². The molecule has 0 saturated carbocycles. The molecule has 1 saturated heterocycles. The molecule has 1 aliphatic heterocycles. The Morgan fingerprint density at radius 2 is 1.25 bits per heavy atom. The third kappa shape index (κ3) is 8.78. The summed E-state index contributed by atoms with van der Waals surface area (Å²) in [5.74, 6) is 4.08. The van der Waals surface area contributed by atoms with Gasteiger partial charge in [0.05, 0.1) is 42.7 Å². The topological polar surface area (TPSA) is 89.6 Å². The monoisotopic (exact) mass is 476 g/mol. The number of thioether (sulfide) groups is 2. The maximum atomic E-state index is 10.7. The first-order chi connectivity index (χ1) is 15.7. The van der Waals surface area contributed by atoms with E-state index in [1.165, 1.54) is 12.1 Å². The van der Waals surface area contributed by atoms with E-state index in [0.717, 1.165) is 60.7 Å². The van der Waals surface area contributed by atoms with Crippen molar-refractivity contribution < 1.29 is 14.4 Å². The minimum atomic E-state index is -0.430. The summed E-state index contributed by atoms with van der Waals surface area (Å²) >= 11 is 3.81. The molecular formula is C22H28N4O4S2. The normalized spacial score (nSPS) is 17.6. The van der Waals surface area contributed by atoms with E-state index in [1.807, 2.05) is 35.7 Å². The SMILES string of the molecule is O=[N+]([O-])c1ccc(N=Nc2ccc(N3CCSCCOCCOCCSCC3)cc2)cc1. The van der Waals surface area contributed by atoms with Gasteiger partial charge in [-0.05, 0) is 36.4 Å². The van der Waals surface area contributed by atoms with E-state index in [-0.39, 0.29) is 5.69 Å². The third-order valence-corrected chi connectivity index (χ3v) is 6.54. The fourth-order valence-electron chi connectivity index (χ4n) is 2.97. The predicted octanol–water partition coefficient (Wildman–Crippen LogP) is 5.33. The lowest BCUT2D eigenvalue weighted by Gasteiger charge is -2.24. The number of nitro groups is 1. The molecule has 1 heterocycles. The summed E-state index contributed by atoms with van der Waals surface area (Å²) in [7, 11) is 0. The molecule has 0 radical (unpaired) electrons. The highest BCUT2D eigenvalue weighted by Gasteiger charge is 2.08. The van der Waals surface area contributed by atoms with E-state index < -0.39 is 4.92 Å². The number of non-ortho nitro benzene ring substituents is 1. The van der Waals surface area contributed by atoms with Crippen molar-refractivity contribution in [2.24, 2.45) is 10.2 Å². The standard InChI is InChI=1S/C22H28N4O4S2/c27-26(28)22-7-3-20(4-8-22)24-23-19-1-5-21(6-2-19)25-9-15-31-17-13-29-11-12-30-14-18-32-16-10-25/h1-8H,9-18H2. The van der Waals surface area contributed by atoms with Crippen molar-refractivity contribution in [2.45, 2.75) is 0 Å². The number of hydrogen-bond acceptors (Lipinski definition) is 9. The molecule has 0 N–H and O–H groups in total. The molecule has 0 aliphatic carbocycles. The summed E-state index contributed by atoms with van der Waals surface area (Å²) < 4.78 is 11.2. The Kier molecular flexibility index (Phi) is 10.8. The van der Waals surface area contributed by atoms with Gasteiger partial charge in [-0.25, -0.2) is 0 Å². The predicted molar refractivity (Wildman–Crippen MR) is 132 cm³/mol. The fraction of sp³-hybridized carbons (Fsp3) is 0.455. The number of nitro benzene ring substituents is 1. The third-order valence-electron chi connectivity index (χ3n) is 4.68. The molecule has 10 heteroatoms. The molecule has 1 fully saturated rings. The number of nitrogens with zero attached hydrogens (tertiary/aromatic N) is 4. The van der Waals surface area contributed by atoms with Gasteiger partial charge >= 0.3 is 0 Å². The number of hydrogen-bond donors (Lipinski definition) is 0. The highest BCUT2D eigenvalue weighted by Crippen LogP contribution is 2.24.